The maximum Gasteiger partial charge on any atom is 2.00 e. The largest absolute Gasteiger partial charge is 2.00 e. The SMILES string of the molecule is O=C(O)c1cc(C(=O)O)cc(S(=O)(=O)[O-])c1.O=C(O)c1cc(C(=O)O)cc(S(=O)(=O)[O-])c1.[Ni+2]. The van der Waals surface area contributed by atoms with E-state index in [-0.39, 0.29) is 16.5 Å². The summed E-state index contributed by atoms with van der Waals surface area (Å²) >= 11 is 0. The number of hydrogen-bond acceptors (Lipinski definition) is 10. The summed E-state index contributed by atoms with van der Waals surface area (Å²) in [5.74, 6) is -6.08. The van der Waals surface area contributed by atoms with Crippen LogP contribution in [0.15, 0.2) is 46.2 Å². The Morgan fingerprint density at radius 3 is 0.818 bits per heavy atom. The fourth-order valence-electron chi connectivity index (χ4n) is 1.98. The minimum atomic E-state index is -4.89. The third-order valence-corrected chi connectivity index (χ3v) is 5.00. The minimum Gasteiger partial charge on any atom is -0.744 e. The predicted octanol–water partition coefficient (Wildman–Crippen LogP) is -0.0283. The Bertz CT molecular complexity index is 1160. The molecule has 0 fully saturated rings. The molecule has 4 N–H and O–H groups in total. The number of carboxylic acids is 4. The van der Waals surface area contributed by atoms with E-state index >= 15 is 0 Å². The number of carboxylic acid groups (broad SMARTS) is 4. The Hall–Kier alpha value is -3.37. The Morgan fingerprint density at radius 2 is 0.697 bits per heavy atom. The summed E-state index contributed by atoms with van der Waals surface area (Å²) in [6, 6.07) is 3.96. The molecule has 180 valence electrons. The van der Waals surface area contributed by atoms with Crippen molar-refractivity contribution in [1.29, 1.82) is 0 Å². The maximum absolute atomic E-state index is 10.6. The van der Waals surface area contributed by atoms with Crippen molar-refractivity contribution in [3.8, 4) is 0 Å². The van der Waals surface area contributed by atoms with Gasteiger partial charge in [-0.3, -0.25) is 0 Å². The first-order valence-corrected chi connectivity index (χ1v) is 10.4. The third kappa shape index (κ3) is 8.59. The number of carbonyl (C=O) groups is 4. The summed E-state index contributed by atoms with van der Waals surface area (Å²) in [4.78, 5) is 40.5. The molecule has 0 aliphatic carbocycles. The van der Waals surface area contributed by atoms with Crippen LogP contribution < -0.4 is 0 Å². The molecule has 0 atom stereocenters. The Balaban J connectivity index is 0.000000602. The van der Waals surface area contributed by atoms with Gasteiger partial charge in [-0.05, 0) is 36.4 Å². The van der Waals surface area contributed by atoms with Crippen molar-refractivity contribution < 1.29 is 82.0 Å². The van der Waals surface area contributed by atoms with Crippen LogP contribution in [0.25, 0.3) is 0 Å². The second-order valence-corrected chi connectivity index (χ2v) is 8.38. The summed E-state index contributed by atoms with van der Waals surface area (Å²) < 4.78 is 63.8. The minimum absolute atomic E-state index is 0. The van der Waals surface area contributed by atoms with Crippen LogP contribution in [0, 0.1) is 0 Å². The van der Waals surface area contributed by atoms with Crippen molar-refractivity contribution >= 4 is 44.1 Å². The second kappa shape index (κ2) is 11.0. The van der Waals surface area contributed by atoms with Crippen LogP contribution in [0.3, 0.4) is 0 Å². The molecular weight excluding hydrogens is 539 g/mol. The molecule has 0 radical (unpaired) electrons. The first-order valence-electron chi connectivity index (χ1n) is 7.58. The molecule has 0 saturated carbocycles. The average molecular weight is 549 g/mol. The summed E-state index contributed by atoms with van der Waals surface area (Å²) in [5, 5.41) is 34.4. The van der Waals surface area contributed by atoms with Crippen molar-refractivity contribution in [1.82, 2.24) is 0 Å². The molecule has 2 aromatic carbocycles. The normalized spacial score (nSPS) is 10.7. The van der Waals surface area contributed by atoms with Crippen molar-refractivity contribution in [2.45, 2.75) is 9.79 Å². The van der Waals surface area contributed by atoms with Gasteiger partial charge in [0.25, 0.3) is 0 Å². The molecule has 0 spiro atoms. The molecule has 0 aliphatic heterocycles. The fourth-order valence-corrected chi connectivity index (χ4v) is 3.07. The Labute approximate surface area is 194 Å². The molecule has 0 unspecified atom stereocenters. The molecule has 0 aliphatic rings. The average Bonchev–Trinajstić information content (AvgIpc) is 2.66. The van der Waals surface area contributed by atoms with Crippen molar-refractivity contribution in [2.24, 2.45) is 0 Å². The molecule has 2 rings (SSSR count). The van der Waals surface area contributed by atoms with Gasteiger partial charge >= 0.3 is 40.4 Å². The molecular formula is C16H10NiO14S2. The third-order valence-electron chi connectivity index (χ3n) is 3.38. The summed E-state index contributed by atoms with van der Waals surface area (Å²) in [5.41, 5.74) is -2.30. The molecule has 0 heterocycles. The summed E-state index contributed by atoms with van der Waals surface area (Å²) in [6.07, 6.45) is 0. The standard InChI is InChI=1S/2C8H6O7S.Ni/c2*9-7(10)4-1-5(8(11)12)3-6(2-4)16(13,14)15;/h2*1-3H,(H,9,10)(H,11,12)(H,13,14,15);/q;;+2/p-2. The van der Waals surface area contributed by atoms with Crippen molar-refractivity contribution in [3.05, 3.63) is 58.7 Å². The van der Waals surface area contributed by atoms with E-state index in [2.05, 4.69) is 0 Å². The van der Waals surface area contributed by atoms with Gasteiger partial charge in [0.1, 0.15) is 20.2 Å². The molecule has 0 aromatic heterocycles. The first kappa shape index (κ1) is 29.6. The van der Waals surface area contributed by atoms with Gasteiger partial charge in [0.2, 0.25) is 0 Å². The van der Waals surface area contributed by atoms with Gasteiger partial charge in [-0.2, -0.15) is 0 Å². The van der Waals surface area contributed by atoms with Crippen LogP contribution in [-0.4, -0.2) is 70.2 Å². The van der Waals surface area contributed by atoms with Crippen LogP contribution in [0.4, 0.5) is 0 Å². The Kier molecular flexibility index (Phi) is 9.86. The van der Waals surface area contributed by atoms with Crippen LogP contribution in [0.1, 0.15) is 41.4 Å². The molecule has 17 heteroatoms. The fraction of sp³-hybridized carbons (Fsp3) is 0. The molecule has 0 amide bonds. The van der Waals surface area contributed by atoms with E-state index in [1.807, 2.05) is 0 Å². The van der Waals surface area contributed by atoms with E-state index < -0.39 is 76.2 Å². The van der Waals surface area contributed by atoms with Gasteiger partial charge in [0.15, 0.2) is 0 Å². The predicted molar refractivity (Wildman–Crippen MR) is 96.6 cm³/mol. The van der Waals surface area contributed by atoms with Crippen LogP contribution in [0.2, 0.25) is 0 Å². The number of rotatable bonds is 6. The maximum atomic E-state index is 10.6. The van der Waals surface area contributed by atoms with E-state index in [1.54, 1.807) is 0 Å². The monoisotopic (exact) mass is 548 g/mol. The number of aromatic carboxylic acids is 4. The molecule has 0 saturated heterocycles. The zero-order valence-corrected chi connectivity index (χ0v) is 18.1. The molecule has 2 aromatic rings. The topological polar surface area (TPSA) is 264 Å². The molecule has 0 bridgehead atoms. The van der Waals surface area contributed by atoms with Gasteiger partial charge in [0, 0.05) is 0 Å². The number of benzene rings is 2. The van der Waals surface area contributed by atoms with Crippen LogP contribution in [-0.2, 0) is 36.7 Å². The molecule has 14 nitrogen and oxygen atoms in total. The molecule has 33 heavy (non-hydrogen) atoms. The smallest absolute Gasteiger partial charge is 0.744 e. The van der Waals surface area contributed by atoms with Gasteiger partial charge < -0.3 is 29.5 Å². The van der Waals surface area contributed by atoms with Crippen LogP contribution >= 0.6 is 0 Å². The van der Waals surface area contributed by atoms with Crippen LogP contribution in [0.5, 0.6) is 0 Å². The number of hydrogen-bond donors (Lipinski definition) is 4. The van der Waals surface area contributed by atoms with E-state index in [0.29, 0.717) is 24.3 Å². The van der Waals surface area contributed by atoms with Crippen molar-refractivity contribution in [2.75, 3.05) is 0 Å². The zero-order chi connectivity index (χ0) is 25.0. The van der Waals surface area contributed by atoms with Crippen molar-refractivity contribution in [3.63, 3.8) is 0 Å². The van der Waals surface area contributed by atoms with Gasteiger partial charge in [-0.25, -0.2) is 36.0 Å². The van der Waals surface area contributed by atoms with Gasteiger partial charge in [-0.1, -0.05) is 0 Å². The van der Waals surface area contributed by atoms with E-state index in [1.165, 1.54) is 0 Å². The Morgan fingerprint density at radius 1 is 0.515 bits per heavy atom. The van der Waals surface area contributed by atoms with E-state index in [9.17, 15) is 45.1 Å². The summed E-state index contributed by atoms with van der Waals surface area (Å²) in [7, 11) is -9.78. The van der Waals surface area contributed by atoms with E-state index in [4.69, 9.17) is 20.4 Å². The first-order chi connectivity index (χ1) is 14.4. The van der Waals surface area contributed by atoms with E-state index in [0.717, 1.165) is 12.1 Å². The van der Waals surface area contributed by atoms with Gasteiger partial charge in [0.05, 0.1) is 32.0 Å². The quantitative estimate of drug-likeness (QED) is 0.272. The zero-order valence-electron chi connectivity index (χ0n) is 15.5. The summed E-state index contributed by atoms with van der Waals surface area (Å²) in [6.45, 7) is 0. The van der Waals surface area contributed by atoms with Gasteiger partial charge in [-0.15, -0.1) is 0 Å². The second-order valence-electron chi connectivity index (χ2n) is 5.62.